The Morgan fingerprint density at radius 3 is 2.41 bits per heavy atom. The van der Waals surface area contributed by atoms with Gasteiger partial charge in [-0.1, -0.05) is 11.8 Å². The first kappa shape index (κ1) is 29.4. The van der Waals surface area contributed by atoms with Crippen LogP contribution in [0.3, 0.4) is 0 Å². The first-order chi connectivity index (χ1) is 19.6. The zero-order valence-electron chi connectivity index (χ0n) is 23.3. The van der Waals surface area contributed by atoms with E-state index < -0.39 is 36.0 Å². The van der Waals surface area contributed by atoms with E-state index in [0.29, 0.717) is 28.0 Å². The topological polar surface area (TPSA) is 178 Å². The Labute approximate surface area is 240 Å². The van der Waals surface area contributed by atoms with E-state index in [1.54, 1.807) is 26.1 Å². The van der Waals surface area contributed by atoms with Gasteiger partial charge in [0.2, 0.25) is 11.6 Å². The summed E-state index contributed by atoms with van der Waals surface area (Å²) in [5, 5.41) is 13.4. The molecule has 1 aromatic carbocycles. The molecule has 3 aliphatic heterocycles. The fraction of sp³-hybridized carbons (Fsp3) is 0.423. The van der Waals surface area contributed by atoms with E-state index in [9.17, 15) is 19.6 Å². The van der Waals surface area contributed by atoms with Crippen molar-refractivity contribution < 1.29 is 38.1 Å². The van der Waals surface area contributed by atoms with Crippen molar-refractivity contribution in [3.63, 3.8) is 0 Å². The Balaban J connectivity index is 1.75. The molecule has 3 heterocycles. The number of amidine groups is 1. The summed E-state index contributed by atoms with van der Waals surface area (Å²) < 4.78 is 27.6. The van der Waals surface area contributed by atoms with E-state index in [-0.39, 0.29) is 35.1 Å². The van der Waals surface area contributed by atoms with Gasteiger partial charge in [0, 0.05) is 14.1 Å². The van der Waals surface area contributed by atoms with Gasteiger partial charge in [-0.3, -0.25) is 9.69 Å². The SMILES string of the molecule is CCOC(=O)C1=C(CSC2=N[C@H]3[C@@H](N2)C(=O)N(C)C(=O)N3C)OC(N)=C(C#N)[C@H]1c1cc(OC)c(OC)c(OC)c1. The van der Waals surface area contributed by atoms with Crippen LogP contribution in [0.25, 0.3) is 0 Å². The summed E-state index contributed by atoms with van der Waals surface area (Å²) in [6.45, 7) is 1.73. The van der Waals surface area contributed by atoms with Crippen molar-refractivity contribution in [3.8, 4) is 23.3 Å². The standard InChI is InChI=1S/C26H30N6O8S/c1-7-39-24(34)18-16(11-41-25-29-19-22(30-25)31(2)26(35)32(3)23(19)33)40-21(28)13(10-27)17(18)12-8-14(36-4)20(38-6)15(9-12)37-5/h8-9,17,19,22H,7,11,28H2,1-6H3,(H,29,30)/t17-,19-,22-/m1/s1. The number of aliphatic imine (C=N–C) groups is 1. The highest BCUT2D eigenvalue weighted by Gasteiger charge is 2.47. The molecule has 1 saturated heterocycles. The minimum Gasteiger partial charge on any atom is -0.493 e. The molecule has 41 heavy (non-hydrogen) atoms. The van der Waals surface area contributed by atoms with Crippen LogP contribution in [-0.2, 0) is 19.1 Å². The number of nitrogens with zero attached hydrogens (tertiary/aromatic N) is 4. The molecule has 218 valence electrons. The van der Waals surface area contributed by atoms with Crippen molar-refractivity contribution >= 4 is 34.8 Å². The summed E-state index contributed by atoms with van der Waals surface area (Å²) in [5.41, 5.74) is 6.69. The largest absolute Gasteiger partial charge is 0.493 e. The minimum absolute atomic E-state index is 0.00722. The molecule has 0 saturated carbocycles. The number of likely N-dealkylation sites (N-methyl/N-ethyl adjacent to an activating group) is 2. The number of nitrogens with two attached hydrogens (primary N) is 1. The molecule has 0 spiro atoms. The molecule has 3 amide bonds. The van der Waals surface area contributed by atoms with Gasteiger partial charge in [-0.2, -0.15) is 5.26 Å². The number of nitriles is 1. The van der Waals surface area contributed by atoms with E-state index in [1.807, 2.05) is 0 Å². The van der Waals surface area contributed by atoms with E-state index in [4.69, 9.17) is 29.4 Å². The number of methoxy groups -OCH3 is 3. The predicted octanol–water partition coefficient (Wildman–Crippen LogP) is 1.25. The highest BCUT2D eigenvalue weighted by molar-refractivity contribution is 8.14. The maximum Gasteiger partial charge on any atom is 0.338 e. The zero-order valence-corrected chi connectivity index (χ0v) is 24.2. The van der Waals surface area contributed by atoms with Gasteiger partial charge in [0.1, 0.15) is 23.4 Å². The lowest BCUT2D eigenvalue weighted by Gasteiger charge is -2.36. The molecule has 4 rings (SSSR count). The van der Waals surface area contributed by atoms with Gasteiger partial charge in [0.15, 0.2) is 22.8 Å². The van der Waals surface area contributed by atoms with E-state index in [2.05, 4.69) is 16.4 Å². The van der Waals surface area contributed by atoms with E-state index in [0.717, 1.165) is 16.7 Å². The van der Waals surface area contributed by atoms with Crippen molar-refractivity contribution in [2.75, 3.05) is 47.8 Å². The highest BCUT2D eigenvalue weighted by atomic mass is 32.2. The molecule has 1 aromatic rings. The molecule has 0 aliphatic carbocycles. The third kappa shape index (κ3) is 5.18. The quantitative estimate of drug-likeness (QED) is 0.417. The average Bonchev–Trinajstić information content (AvgIpc) is 3.41. The number of imide groups is 1. The van der Waals surface area contributed by atoms with Crippen LogP contribution in [0.1, 0.15) is 18.4 Å². The number of hydrogen-bond acceptors (Lipinski definition) is 13. The Kier molecular flexibility index (Phi) is 8.52. The summed E-state index contributed by atoms with van der Waals surface area (Å²) in [7, 11) is 7.32. The lowest BCUT2D eigenvalue weighted by molar-refractivity contribution is -0.139. The monoisotopic (exact) mass is 586 g/mol. The molecule has 0 bridgehead atoms. The second-order valence-electron chi connectivity index (χ2n) is 8.99. The molecule has 3 aliphatic rings. The number of ether oxygens (including phenoxy) is 5. The summed E-state index contributed by atoms with van der Waals surface area (Å²) in [6.07, 6.45) is -0.721. The number of allylic oxidation sites excluding steroid dienone is 1. The normalized spacial score (nSPS) is 22.0. The number of hydrogen-bond donors (Lipinski definition) is 2. The molecule has 15 heteroatoms. The lowest BCUT2D eigenvalue weighted by atomic mass is 9.82. The van der Waals surface area contributed by atoms with Crippen LogP contribution >= 0.6 is 11.8 Å². The third-order valence-electron chi connectivity index (χ3n) is 6.76. The number of thioether (sulfide) groups is 1. The second kappa shape index (κ2) is 11.9. The molecule has 0 radical (unpaired) electrons. The molecule has 3 N–H and O–H groups in total. The minimum atomic E-state index is -0.989. The maximum absolute atomic E-state index is 13.4. The summed E-state index contributed by atoms with van der Waals surface area (Å²) in [4.78, 5) is 45.3. The number of rotatable bonds is 8. The van der Waals surface area contributed by atoms with E-state index >= 15 is 0 Å². The van der Waals surface area contributed by atoms with Crippen LogP contribution in [0, 0.1) is 11.3 Å². The van der Waals surface area contributed by atoms with Gasteiger partial charge in [0.05, 0.1) is 45.2 Å². The number of carbonyl (C=O) groups is 3. The average molecular weight is 587 g/mol. The Hall–Kier alpha value is -4.58. The van der Waals surface area contributed by atoms with Gasteiger partial charge in [-0.05, 0) is 24.6 Å². The smallest absolute Gasteiger partial charge is 0.338 e. The van der Waals surface area contributed by atoms with Crippen molar-refractivity contribution in [2.24, 2.45) is 10.7 Å². The third-order valence-corrected chi connectivity index (χ3v) is 7.66. The number of fused-ring (bicyclic) bond motifs is 1. The lowest BCUT2D eigenvalue weighted by Crippen LogP contribution is -2.63. The summed E-state index contributed by atoms with van der Waals surface area (Å²) >= 11 is 1.14. The fourth-order valence-corrected chi connectivity index (χ4v) is 5.64. The molecule has 3 atom stereocenters. The number of carbonyl (C=O) groups excluding carboxylic acids is 3. The van der Waals surface area contributed by atoms with Gasteiger partial charge >= 0.3 is 12.0 Å². The predicted molar refractivity (Wildman–Crippen MR) is 147 cm³/mol. The first-order valence-electron chi connectivity index (χ1n) is 12.4. The number of nitrogens with one attached hydrogen (secondary N) is 1. The summed E-state index contributed by atoms with van der Waals surface area (Å²) in [5.74, 6) is -1.19. The second-order valence-corrected chi connectivity index (χ2v) is 9.95. The Morgan fingerprint density at radius 2 is 1.85 bits per heavy atom. The molecular weight excluding hydrogens is 556 g/mol. The number of amides is 3. The van der Waals surface area contributed by atoms with Crippen molar-refractivity contribution in [3.05, 3.63) is 40.5 Å². The molecule has 14 nitrogen and oxygen atoms in total. The zero-order chi connectivity index (χ0) is 30.0. The summed E-state index contributed by atoms with van der Waals surface area (Å²) in [6, 6.07) is 4.07. The van der Waals surface area contributed by atoms with Gasteiger partial charge in [0.25, 0.3) is 5.91 Å². The maximum atomic E-state index is 13.4. The van der Waals surface area contributed by atoms with Crippen LogP contribution in [0.15, 0.2) is 39.9 Å². The Bertz CT molecular complexity index is 1390. The van der Waals surface area contributed by atoms with Crippen LogP contribution in [0.5, 0.6) is 17.2 Å². The molecule has 0 unspecified atom stereocenters. The van der Waals surface area contributed by atoms with E-state index in [1.165, 1.54) is 33.3 Å². The van der Waals surface area contributed by atoms with Crippen LogP contribution in [-0.4, -0.2) is 92.9 Å². The number of benzene rings is 1. The fourth-order valence-electron chi connectivity index (χ4n) is 4.76. The molecular formula is C26H30N6O8S. The van der Waals surface area contributed by atoms with Gasteiger partial charge in [-0.15, -0.1) is 0 Å². The first-order valence-corrected chi connectivity index (χ1v) is 13.4. The number of esters is 1. The van der Waals surface area contributed by atoms with Gasteiger partial charge < -0.3 is 39.6 Å². The van der Waals surface area contributed by atoms with Crippen molar-refractivity contribution in [1.29, 1.82) is 5.26 Å². The molecule has 1 fully saturated rings. The highest BCUT2D eigenvalue weighted by Crippen LogP contribution is 2.46. The van der Waals surface area contributed by atoms with Gasteiger partial charge in [-0.25, -0.2) is 14.6 Å². The Morgan fingerprint density at radius 1 is 1.20 bits per heavy atom. The van der Waals surface area contributed by atoms with Crippen LogP contribution in [0.4, 0.5) is 4.79 Å². The molecule has 0 aromatic heterocycles. The van der Waals surface area contributed by atoms with Crippen molar-refractivity contribution in [1.82, 2.24) is 15.1 Å². The van der Waals surface area contributed by atoms with Crippen LogP contribution < -0.4 is 25.3 Å². The van der Waals surface area contributed by atoms with Crippen LogP contribution in [0.2, 0.25) is 0 Å². The van der Waals surface area contributed by atoms with Crippen molar-refractivity contribution in [2.45, 2.75) is 25.0 Å². The number of urea groups is 1.